The number of nitrogens with zero attached hydrogens (tertiary/aromatic N) is 2. The van der Waals surface area contributed by atoms with Gasteiger partial charge in [0.15, 0.2) is 0 Å². The zero-order valence-corrected chi connectivity index (χ0v) is 10.6. The van der Waals surface area contributed by atoms with Crippen molar-refractivity contribution in [1.29, 1.82) is 0 Å². The molecule has 4 heteroatoms. The Morgan fingerprint density at radius 2 is 1.94 bits per heavy atom. The maximum Gasteiger partial charge on any atom is 0.235 e. The molecule has 1 fully saturated rings. The van der Waals surface area contributed by atoms with Crippen LogP contribution < -0.4 is 0 Å². The van der Waals surface area contributed by atoms with E-state index in [9.17, 15) is 9.59 Å². The van der Waals surface area contributed by atoms with Crippen LogP contribution in [0.5, 0.6) is 0 Å². The van der Waals surface area contributed by atoms with E-state index in [1.807, 2.05) is 6.92 Å². The molecule has 0 spiro atoms. The van der Waals surface area contributed by atoms with Crippen molar-refractivity contribution in [3.05, 3.63) is 0 Å². The van der Waals surface area contributed by atoms with Crippen LogP contribution in [-0.4, -0.2) is 24.2 Å². The lowest BCUT2D eigenvalue weighted by atomic mass is 9.73. The van der Waals surface area contributed by atoms with Gasteiger partial charge in [0.25, 0.3) is 0 Å². The molecule has 1 atom stereocenters. The van der Waals surface area contributed by atoms with Gasteiger partial charge in [-0.1, -0.05) is 6.92 Å². The van der Waals surface area contributed by atoms with Gasteiger partial charge in [0.1, 0.15) is 0 Å². The van der Waals surface area contributed by atoms with Crippen LogP contribution in [0.25, 0.3) is 0 Å². The van der Waals surface area contributed by atoms with Crippen LogP contribution in [-0.2, 0) is 9.59 Å². The minimum absolute atomic E-state index is 0.196. The molecule has 0 aromatic heterocycles. The summed E-state index contributed by atoms with van der Waals surface area (Å²) in [6, 6.07) is 0. The Kier molecular flexibility index (Phi) is 5.27. The van der Waals surface area contributed by atoms with Gasteiger partial charge in [-0.25, -0.2) is 14.6 Å². The molecule has 17 heavy (non-hydrogen) atoms. The number of isocyanates is 2. The van der Waals surface area contributed by atoms with Crippen molar-refractivity contribution >= 4 is 12.2 Å². The first kappa shape index (κ1) is 13.8. The van der Waals surface area contributed by atoms with Gasteiger partial charge in [0, 0.05) is 0 Å². The van der Waals surface area contributed by atoms with Gasteiger partial charge in [-0.05, 0) is 50.9 Å². The second kappa shape index (κ2) is 6.48. The third-order valence-electron chi connectivity index (χ3n) is 3.99. The van der Waals surface area contributed by atoms with Gasteiger partial charge in [-0.2, -0.15) is 4.99 Å². The van der Waals surface area contributed by atoms with E-state index in [2.05, 4.69) is 16.9 Å². The number of carbonyl (C=O) groups excluding carboxylic acids is 2. The summed E-state index contributed by atoms with van der Waals surface area (Å²) in [5.74, 6) is 1.23. The smallest absolute Gasteiger partial charge is 0.211 e. The predicted octanol–water partition coefficient (Wildman–Crippen LogP) is 2.63. The highest BCUT2D eigenvalue weighted by Crippen LogP contribution is 2.38. The Bertz CT molecular complexity index is 333. The van der Waals surface area contributed by atoms with Crippen LogP contribution in [0.4, 0.5) is 0 Å². The standard InChI is InChI=1S/C13H20N2O2/c1-11(5-8-14-9-16)12-3-6-13(2,7-4-12)15-10-17/h11-12H,3-8H2,1-2H3. The molecule has 0 aromatic carbocycles. The second-order valence-electron chi connectivity index (χ2n) is 5.28. The summed E-state index contributed by atoms with van der Waals surface area (Å²) in [5, 5.41) is 0. The van der Waals surface area contributed by atoms with Gasteiger partial charge in [0.05, 0.1) is 12.1 Å². The average Bonchev–Trinajstić information content (AvgIpc) is 2.30. The molecule has 0 bridgehead atoms. The molecule has 0 radical (unpaired) electrons. The molecule has 1 aliphatic carbocycles. The first-order valence-electron chi connectivity index (χ1n) is 6.24. The summed E-state index contributed by atoms with van der Waals surface area (Å²) in [6.07, 6.45) is 8.28. The average molecular weight is 236 g/mol. The Balaban J connectivity index is 2.40. The van der Waals surface area contributed by atoms with E-state index in [-0.39, 0.29) is 5.54 Å². The molecule has 1 unspecified atom stereocenters. The largest absolute Gasteiger partial charge is 0.235 e. The molecular weight excluding hydrogens is 216 g/mol. The van der Waals surface area contributed by atoms with Crippen LogP contribution in [0, 0.1) is 11.8 Å². The zero-order chi connectivity index (χ0) is 12.7. The summed E-state index contributed by atoms with van der Waals surface area (Å²) in [7, 11) is 0. The SMILES string of the molecule is CC(CCN=C=O)C1CCC(C)(N=C=O)CC1. The van der Waals surface area contributed by atoms with Crippen molar-refractivity contribution in [1.82, 2.24) is 0 Å². The summed E-state index contributed by atoms with van der Waals surface area (Å²) < 4.78 is 0. The molecule has 0 aliphatic heterocycles. The fraction of sp³-hybridized carbons (Fsp3) is 0.846. The molecule has 1 rings (SSSR count). The molecule has 0 aromatic rings. The number of hydrogen-bond acceptors (Lipinski definition) is 4. The number of aliphatic imine (C=N–C) groups is 2. The lowest BCUT2D eigenvalue weighted by molar-refractivity contribution is 0.195. The Labute approximate surface area is 102 Å². The lowest BCUT2D eigenvalue weighted by Gasteiger charge is -2.35. The summed E-state index contributed by atoms with van der Waals surface area (Å²) in [4.78, 5) is 27.8. The lowest BCUT2D eigenvalue weighted by Crippen LogP contribution is -2.31. The van der Waals surface area contributed by atoms with Crippen molar-refractivity contribution < 1.29 is 9.59 Å². The summed E-state index contributed by atoms with van der Waals surface area (Å²) >= 11 is 0. The van der Waals surface area contributed by atoms with Gasteiger partial charge < -0.3 is 0 Å². The minimum Gasteiger partial charge on any atom is -0.211 e. The third-order valence-corrected chi connectivity index (χ3v) is 3.99. The Morgan fingerprint density at radius 3 is 2.47 bits per heavy atom. The van der Waals surface area contributed by atoms with Crippen molar-refractivity contribution in [3.63, 3.8) is 0 Å². The van der Waals surface area contributed by atoms with Gasteiger partial charge >= 0.3 is 0 Å². The number of hydrogen-bond donors (Lipinski definition) is 0. The van der Waals surface area contributed by atoms with Crippen LogP contribution in [0.1, 0.15) is 46.0 Å². The fourth-order valence-electron chi connectivity index (χ4n) is 2.60. The molecule has 0 heterocycles. The third kappa shape index (κ3) is 4.26. The van der Waals surface area contributed by atoms with Crippen molar-refractivity contribution in [3.8, 4) is 0 Å². The van der Waals surface area contributed by atoms with Crippen LogP contribution in [0.3, 0.4) is 0 Å². The Morgan fingerprint density at radius 1 is 1.29 bits per heavy atom. The first-order chi connectivity index (χ1) is 8.11. The summed E-state index contributed by atoms with van der Waals surface area (Å²) in [5.41, 5.74) is -0.196. The quantitative estimate of drug-likeness (QED) is 0.544. The molecule has 0 N–H and O–H groups in total. The maximum absolute atomic E-state index is 10.3. The highest BCUT2D eigenvalue weighted by molar-refractivity contribution is 5.34. The van der Waals surface area contributed by atoms with Gasteiger partial charge in [-0.3, -0.25) is 0 Å². The molecule has 94 valence electrons. The molecule has 1 saturated carbocycles. The molecule has 1 aliphatic rings. The van der Waals surface area contributed by atoms with Crippen LogP contribution >= 0.6 is 0 Å². The van der Waals surface area contributed by atoms with Gasteiger partial charge in [-0.15, -0.1) is 0 Å². The van der Waals surface area contributed by atoms with Gasteiger partial charge in [0.2, 0.25) is 12.2 Å². The van der Waals surface area contributed by atoms with E-state index in [0.29, 0.717) is 18.4 Å². The van der Waals surface area contributed by atoms with E-state index in [4.69, 9.17) is 0 Å². The molecule has 0 saturated heterocycles. The zero-order valence-electron chi connectivity index (χ0n) is 10.6. The molecule has 0 amide bonds. The monoisotopic (exact) mass is 236 g/mol. The maximum atomic E-state index is 10.3. The molecular formula is C13H20N2O2. The van der Waals surface area contributed by atoms with Crippen molar-refractivity contribution in [2.45, 2.75) is 51.5 Å². The first-order valence-corrected chi connectivity index (χ1v) is 6.24. The van der Waals surface area contributed by atoms with E-state index in [1.54, 1.807) is 12.2 Å². The second-order valence-corrected chi connectivity index (χ2v) is 5.28. The van der Waals surface area contributed by atoms with E-state index < -0.39 is 0 Å². The number of rotatable bonds is 5. The Hall–Kier alpha value is -1.24. The minimum atomic E-state index is -0.196. The van der Waals surface area contributed by atoms with Crippen molar-refractivity contribution in [2.24, 2.45) is 21.8 Å². The summed E-state index contributed by atoms with van der Waals surface area (Å²) in [6.45, 7) is 4.80. The van der Waals surface area contributed by atoms with Crippen molar-refractivity contribution in [2.75, 3.05) is 6.54 Å². The molecule has 4 nitrogen and oxygen atoms in total. The van der Waals surface area contributed by atoms with E-state index in [1.165, 1.54) is 0 Å². The normalized spacial score (nSPS) is 29.9. The highest BCUT2D eigenvalue weighted by atomic mass is 16.1. The topological polar surface area (TPSA) is 58.9 Å². The van der Waals surface area contributed by atoms with Crippen LogP contribution in [0.15, 0.2) is 9.98 Å². The van der Waals surface area contributed by atoms with Crippen LogP contribution in [0.2, 0.25) is 0 Å². The van der Waals surface area contributed by atoms with E-state index >= 15 is 0 Å². The highest BCUT2D eigenvalue weighted by Gasteiger charge is 2.32. The fourth-order valence-corrected chi connectivity index (χ4v) is 2.60. The predicted molar refractivity (Wildman–Crippen MR) is 65.3 cm³/mol. The van der Waals surface area contributed by atoms with E-state index in [0.717, 1.165) is 32.1 Å².